The molecule has 0 aromatic carbocycles. The quantitative estimate of drug-likeness (QED) is 0.165. The number of aliphatic carboxylic acids is 1. The summed E-state index contributed by atoms with van der Waals surface area (Å²) < 4.78 is 7.25. The van der Waals surface area contributed by atoms with E-state index in [0.717, 1.165) is 0 Å². The van der Waals surface area contributed by atoms with Crippen LogP contribution in [0.4, 0.5) is 5.82 Å². The first-order valence-corrected chi connectivity index (χ1v) is 14.9. The molecular weight excluding hydrogens is 552 g/mol. The van der Waals surface area contributed by atoms with Gasteiger partial charge in [-0.1, -0.05) is 37.3 Å². The van der Waals surface area contributed by atoms with E-state index < -0.39 is 5.97 Å². The zero-order valence-corrected chi connectivity index (χ0v) is 24.9. The van der Waals surface area contributed by atoms with Crippen molar-refractivity contribution in [1.29, 1.82) is 5.26 Å². The summed E-state index contributed by atoms with van der Waals surface area (Å²) in [6.07, 6.45) is 5.47. The van der Waals surface area contributed by atoms with Crippen LogP contribution < -0.4 is 10.5 Å². The van der Waals surface area contributed by atoms with Crippen LogP contribution in [-0.4, -0.2) is 63.0 Å². The Bertz CT molecular complexity index is 1290. The first-order valence-electron chi connectivity index (χ1n) is 13.7. The van der Waals surface area contributed by atoms with Crippen molar-refractivity contribution in [3.05, 3.63) is 31.9 Å². The Hall–Kier alpha value is -3.17. The number of pyridine rings is 1. The SMILES string of the molecule is CCCn1c(N2CCC(C(=O)OCC)CC2)c(/C=C2/SC(=S)N(CCCCCC(=O)O)C2=O)c(C)c(C#N)c1=O. The average molecular weight is 589 g/mol. The highest BCUT2D eigenvalue weighted by molar-refractivity contribution is 8.26. The van der Waals surface area contributed by atoms with Gasteiger partial charge in [-0.2, -0.15) is 5.26 Å². The topological polar surface area (TPSA) is 133 Å². The molecule has 2 aliphatic heterocycles. The van der Waals surface area contributed by atoms with Gasteiger partial charge < -0.3 is 14.7 Å². The number of esters is 1. The number of nitriles is 1. The smallest absolute Gasteiger partial charge is 0.309 e. The molecule has 2 saturated heterocycles. The number of carbonyl (C=O) groups is 3. The van der Waals surface area contributed by atoms with E-state index in [1.54, 1.807) is 24.5 Å². The molecular formula is C28H36N4O6S2. The normalized spacial score (nSPS) is 17.0. The van der Waals surface area contributed by atoms with Gasteiger partial charge >= 0.3 is 11.9 Å². The molecule has 2 aliphatic rings. The molecule has 3 heterocycles. The Kier molecular flexibility index (Phi) is 11.3. The molecule has 0 bridgehead atoms. The van der Waals surface area contributed by atoms with Crippen molar-refractivity contribution >= 4 is 58.0 Å². The molecule has 1 aromatic rings. The zero-order chi connectivity index (χ0) is 29.4. The molecule has 0 unspecified atom stereocenters. The van der Waals surface area contributed by atoms with Gasteiger partial charge in [-0.05, 0) is 57.6 Å². The zero-order valence-electron chi connectivity index (χ0n) is 23.2. The third-order valence-electron chi connectivity index (χ3n) is 7.13. The number of anilines is 1. The van der Waals surface area contributed by atoms with Crippen LogP contribution in [0.2, 0.25) is 0 Å². The Labute approximate surface area is 244 Å². The first kappa shape index (κ1) is 31.4. The molecule has 0 aliphatic carbocycles. The van der Waals surface area contributed by atoms with Gasteiger partial charge in [0.05, 0.1) is 17.4 Å². The number of carboxylic acid groups (broad SMARTS) is 1. The fourth-order valence-electron chi connectivity index (χ4n) is 5.05. The molecule has 10 nitrogen and oxygen atoms in total. The number of carboxylic acids is 1. The first-order chi connectivity index (χ1) is 19.1. The van der Waals surface area contributed by atoms with Gasteiger partial charge in [0.2, 0.25) is 0 Å². The van der Waals surface area contributed by atoms with Crippen LogP contribution >= 0.6 is 24.0 Å². The lowest BCUT2D eigenvalue weighted by atomic mass is 9.95. The van der Waals surface area contributed by atoms with Gasteiger partial charge in [0, 0.05) is 38.2 Å². The number of unbranched alkanes of at least 4 members (excludes halogenated alkanes) is 2. The summed E-state index contributed by atoms with van der Waals surface area (Å²) in [5.41, 5.74) is 0.802. The minimum atomic E-state index is -0.842. The van der Waals surface area contributed by atoms with Crippen molar-refractivity contribution in [2.24, 2.45) is 5.92 Å². The molecule has 1 aromatic heterocycles. The minimum absolute atomic E-state index is 0.0405. The van der Waals surface area contributed by atoms with Crippen LogP contribution in [0.3, 0.4) is 0 Å². The predicted molar refractivity (Wildman–Crippen MR) is 158 cm³/mol. The number of amides is 1. The molecule has 12 heteroatoms. The number of thioether (sulfide) groups is 1. The lowest BCUT2D eigenvalue weighted by Gasteiger charge is -2.35. The Morgan fingerprint density at radius 1 is 1.18 bits per heavy atom. The predicted octanol–water partition coefficient (Wildman–Crippen LogP) is 4.06. The maximum atomic E-state index is 13.4. The van der Waals surface area contributed by atoms with E-state index >= 15 is 0 Å². The molecule has 0 radical (unpaired) electrons. The molecule has 216 valence electrons. The van der Waals surface area contributed by atoms with Crippen LogP contribution in [0.15, 0.2) is 9.70 Å². The number of piperidine rings is 1. The summed E-state index contributed by atoms with van der Waals surface area (Å²) in [5, 5.41) is 18.7. The van der Waals surface area contributed by atoms with Crippen LogP contribution in [-0.2, 0) is 25.7 Å². The summed E-state index contributed by atoms with van der Waals surface area (Å²) in [6, 6.07) is 2.06. The third kappa shape index (κ3) is 7.12. The molecule has 0 spiro atoms. The summed E-state index contributed by atoms with van der Waals surface area (Å²) in [4.78, 5) is 53.8. The third-order valence-corrected chi connectivity index (χ3v) is 8.51. The second-order valence-corrected chi connectivity index (χ2v) is 11.5. The van der Waals surface area contributed by atoms with E-state index in [1.807, 2.05) is 6.92 Å². The number of hydrogen-bond acceptors (Lipinski definition) is 9. The minimum Gasteiger partial charge on any atom is -0.481 e. The summed E-state index contributed by atoms with van der Waals surface area (Å²) >= 11 is 6.67. The van der Waals surface area contributed by atoms with Gasteiger partial charge in [-0.25, -0.2) is 0 Å². The van der Waals surface area contributed by atoms with Crippen molar-refractivity contribution in [1.82, 2.24) is 9.47 Å². The maximum Gasteiger partial charge on any atom is 0.309 e. The largest absolute Gasteiger partial charge is 0.481 e. The number of carbonyl (C=O) groups excluding carboxylic acids is 2. The molecule has 40 heavy (non-hydrogen) atoms. The summed E-state index contributed by atoms with van der Waals surface area (Å²) in [7, 11) is 0. The average Bonchev–Trinajstić information content (AvgIpc) is 3.19. The fourth-order valence-corrected chi connectivity index (χ4v) is 6.34. The van der Waals surface area contributed by atoms with E-state index in [0.29, 0.717) is 97.5 Å². The summed E-state index contributed by atoms with van der Waals surface area (Å²) in [5.74, 6) is -0.866. The van der Waals surface area contributed by atoms with Gasteiger partial charge in [0.15, 0.2) is 0 Å². The highest BCUT2D eigenvalue weighted by atomic mass is 32.2. The Morgan fingerprint density at radius 3 is 2.48 bits per heavy atom. The van der Waals surface area contributed by atoms with Gasteiger partial charge in [0.1, 0.15) is 21.8 Å². The number of nitrogens with zero attached hydrogens (tertiary/aromatic N) is 4. The lowest BCUT2D eigenvalue weighted by molar-refractivity contribution is -0.148. The van der Waals surface area contributed by atoms with Crippen LogP contribution in [0.1, 0.15) is 75.5 Å². The molecule has 0 saturated carbocycles. The van der Waals surface area contributed by atoms with Crippen LogP contribution in [0.5, 0.6) is 0 Å². The standard InChI is InChI=1S/C28H36N4O6S2/c1-4-12-31-24(30-14-10-19(11-15-30)27(37)38-5-2)20(18(3)21(17-29)25(31)35)16-22-26(36)32(28(39)40-22)13-8-6-7-9-23(33)34/h16,19H,4-15H2,1-3H3,(H,33,34)/b22-16+. The Balaban J connectivity index is 1.97. The van der Waals surface area contributed by atoms with Gasteiger partial charge in [-0.3, -0.25) is 28.6 Å². The number of hydrogen-bond donors (Lipinski definition) is 1. The second kappa shape index (κ2) is 14.5. The van der Waals surface area contributed by atoms with E-state index in [-0.39, 0.29) is 35.3 Å². The van der Waals surface area contributed by atoms with Gasteiger partial charge in [-0.15, -0.1) is 0 Å². The van der Waals surface area contributed by atoms with E-state index in [4.69, 9.17) is 22.1 Å². The maximum absolute atomic E-state index is 13.4. The fraction of sp³-hybridized carbons (Fsp3) is 0.571. The van der Waals surface area contributed by atoms with E-state index in [9.17, 15) is 24.4 Å². The van der Waals surface area contributed by atoms with E-state index in [2.05, 4.69) is 11.0 Å². The lowest BCUT2D eigenvalue weighted by Crippen LogP contribution is -2.41. The Morgan fingerprint density at radius 2 is 1.88 bits per heavy atom. The van der Waals surface area contributed by atoms with Crippen molar-refractivity contribution in [2.75, 3.05) is 31.1 Å². The van der Waals surface area contributed by atoms with Crippen molar-refractivity contribution < 1.29 is 24.2 Å². The molecule has 2 fully saturated rings. The molecule has 1 N–H and O–H groups in total. The number of ether oxygens (including phenoxy) is 1. The van der Waals surface area contributed by atoms with Crippen molar-refractivity contribution in [3.8, 4) is 6.07 Å². The van der Waals surface area contributed by atoms with Crippen LogP contribution in [0, 0.1) is 24.2 Å². The van der Waals surface area contributed by atoms with Crippen molar-refractivity contribution in [2.45, 2.75) is 72.3 Å². The molecule has 3 rings (SSSR count). The molecule has 1 amide bonds. The van der Waals surface area contributed by atoms with Crippen LogP contribution in [0.25, 0.3) is 6.08 Å². The van der Waals surface area contributed by atoms with Crippen molar-refractivity contribution in [3.63, 3.8) is 0 Å². The second-order valence-electron chi connectivity index (χ2n) is 9.86. The highest BCUT2D eigenvalue weighted by Gasteiger charge is 2.34. The number of aromatic nitrogens is 1. The number of thiocarbonyl (C=S) groups is 1. The highest BCUT2D eigenvalue weighted by Crippen LogP contribution is 2.37. The monoisotopic (exact) mass is 588 g/mol. The van der Waals surface area contributed by atoms with E-state index in [1.165, 1.54) is 16.7 Å². The van der Waals surface area contributed by atoms with Gasteiger partial charge in [0.25, 0.3) is 11.5 Å². The molecule has 0 atom stereocenters. The summed E-state index contributed by atoms with van der Waals surface area (Å²) in [6.45, 7) is 7.63. The number of rotatable bonds is 12.